The van der Waals surface area contributed by atoms with Crippen LogP contribution < -0.4 is 0 Å². The van der Waals surface area contributed by atoms with E-state index in [1.54, 1.807) is 0 Å². The molecule has 3 rings (SSSR count). The Hall–Kier alpha value is -1.09. The molecular weight excluding hydrogens is 228 g/mol. The number of rotatable bonds is 0. The molecule has 4 atom stereocenters. The summed E-state index contributed by atoms with van der Waals surface area (Å²) in [5.41, 5.74) is 0.562. The Bertz CT molecular complexity index is 453. The van der Waals surface area contributed by atoms with Gasteiger partial charge in [0.15, 0.2) is 0 Å². The molecule has 1 saturated heterocycles. The van der Waals surface area contributed by atoms with Gasteiger partial charge in [0, 0.05) is 16.9 Å². The molecule has 2 aliphatic carbocycles. The second-order valence-corrected chi connectivity index (χ2v) is 6.30. The molecule has 0 aromatic rings. The topological polar surface area (TPSA) is 46.5 Å². The van der Waals surface area contributed by atoms with Gasteiger partial charge in [-0.05, 0) is 32.1 Å². The van der Waals surface area contributed by atoms with Crippen LogP contribution >= 0.6 is 0 Å². The molecule has 18 heavy (non-hydrogen) atoms. The Morgan fingerprint density at radius 1 is 1.39 bits per heavy atom. The Morgan fingerprint density at radius 3 is 2.83 bits per heavy atom. The maximum absolute atomic E-state index is 11.6. The number of aliphatic hydroxyl groups is 1. The highest BCUT2D eigenvalue weighted by atomic mass is 16.6. The Morgan fingerprint density at radius 2 is 2.11 bits per heavy atom. The molecule has 0 radical (unpaired) electrons. The van der Waals surface area contributed by atoms with Crippen molar-refractivity contribution in [3.05, 3.63) is 24.3 Å². The van der Waals surface area contributed by atoms with Crippen molar-refractivity contribution in [3.63, 3.8) is 0 Å². The molecule has 0 aromatic carbocycles. The Balaban J connectivity index is 1.99. The van der Waals surface area contributed by atoms with Crippen LogP contribution in [0.3, 0.4) is 0 Å². The highest BCUT2D eigenvalue weighted by Crippen LogP contribution is 2.59. The first-order valence-corrected chi connectivity index (χ1v) is 6.68. The summed E-state index contributed by atoms with van der Waals surface area (Å²) in [4.78, 5) is 11.6. The van der Waals surface area contributed by atoms with Crippen LogP contribution in [0.5, 0.6) is 0 Å². The minimum absolute atomic E-state index is 0.0125. The predicted octanol–water partition coefficient (Wildman–Crippen LogP) is 2.36. The van der Waals surface area contributed by atoms with Crippen molar-refractivity contribution < 1.29 is 14.6 Å². The van der Waals surface area contributed by atoms with Crippen LogP contribution in [0.4, 0.5) is 0 Å². The van der Waals surface area contributed by atoms with Crippen LogP contribution in [0.25, 0.3) is 0 Å². The zero-order chi connectivity index (χ0) is 13.1. The first-order valence-electron chi connectivity index (χ1n) is 6.68. The fourth-order valence-electron chi connectivity index (χ4n) is 4.01. The molecule has 3 fully saturated rings. The van der Waals surface area contributed by atoms with E-state index in [4.69, 9.17) is 4.74 Å². The molecule has 3 aliphatic rings. The van der Waals surface area contributed by atoms with E-state index < -0.39 is 5.60 Å². The minimum atomic E-state index is -0.750. The molecule has 1 aliphatic heterocycles. The number of ether oxygens (including phenoxy) is 1. The molecule has 1 heterocycles. The van der Waals surface area contributed by atoms with E-state index in [1.807, 2.05) is 0 Å². The van der Waals surface area contributed by atoms with Crippen LogP contribution in [0, 0.1) is 11.3 Å². The molecule has 1 N–H and O–H groups in total. The summed E-state index contributed by atoms with van der Waals surface area (Å²) in [5.74, 6) is -0.303. The van der Waals surface area contributed by atoms with Crippen molar-refractivity contribution in [3.8, 4) is 0 Å². The van der Waals surface area contributed by atoms with Gasteiger partial charge in [-0.2, -0.15) is 0 Å². The van der Waals surface area contributed by atoms with Crippen molar-refractivity contribution in [2.75, 3.05) is 0 Å². The van der Waals surface area contributed by atoms with Crippen LogP contribution in [0.15, 0.2) is 24.3 Å². The summed E-state index contributed by atoms with van der Waals surface area (Å²) in [6, 6.07) is 0. The van der Waals surface area contributed by atoms with Crippen molar-refractivity contribution in [2.45, 2.75) is 50.7 Å². The van der Waals surface area contributed by atoms with E-state index in [9.17, 15) is 9.90 Å². The van der Waals surface area contributed by atoms with Crippen LogP contribution in [0.1, 0.15) is 39.0 Å². The van der Waals surface area contributed by atoms with Crippen molar-refractivity contribution in [2.24, 2.45) is 11.3 Å². The molecule has 0 bridgehead atoms. The lowest BCUT2D eigenvalue weighted by Crippen LogP contribution is -2.57. The number of fused-ring (bicyclic) bond motifs is 2. The zero-order valence-corrected chi connectivity index (χ0v) is 10.9. The van der Waals surface area contributed by atoms with E-state index >= 15 is 0 Å². The van der Waals surface area contributed by atoms with E-state index in [0.29, 0.717) is 18.4 Å². The lowest BCUT2D eigenvalue weighted by Gasteiger charge is -2.55. The number of carbonyl (C=O) groups is 1. The van der Waals surface area contributed by atoms with E-state index in [0.717, 1.165) is 24.8 Å². The van der Waals surface area contributed by atoms with Crippen molar-refractivity contribution in [1.29, 1.82) is 0 Å². The summed E-state index contributed by atoms with van der Waals surface area (Å²) < 4.78 is 5.39. The van der Waals surface area contributed by atoms with Crippen LogP contribution in [0.2, 0.25) is 0 Å². The van der Waals surface area contributed by atoms with Gasteiger partial charge in [0.05, 0.1) is 5.60 Å². The molecule has 3 nitrogen and oxygen atoms in total. The largest absolute Gasteiger partial charge is 0.458 e. The number of esters is 1. The quantitative estimate of drug-likeness (QED) is 0.406. The van der Waals surface area contributed by atoms with Gasteiger partial charge in [-0.15, -0.1) is 0 Å². The smallest absolute Gasteiger partial charge is 0.334 e. The summed E-state index contributed by atoms with van der Waals surface area (Å²) in [6.07, 6.45) is 3.86. The summed E-state index contributed by atoms with van der Waals surface area (Å²) in [6.45, 7) is 10.0. The maximum Gasteiger partial charge on any atom is 0.334 e. The number of hydrogen-bond acceptors (Lipinski definition) is 3. The standard InChI is InChI=1S/C15H20O3/c1-9-5-4-6-15(17)7-11-10(2)13(16)18-12(11)8-14(9,15)3/h11-12,17H,1-2,4-8H2,3H3/t11-,12-,14-,15-/m0/s1. The van der Waals surface area contributed by atoms with E-state index in [1.165, 1.54) is 0 Å². The number of carbonyl (C=O) groups excluding carboxylic acids is 1. The molecular formula is C15H20O3. The Kier molecular flexibility index (Phi) is 2.31. The van der Waals surface area contributed by atoms with Gasteiger partial charge >= 0.3 is 5.97 Å². The molecule has 2 saturated carbocycles. The van der Waals surface area contributed by atoms with Gasteiger partial charge in [-0.25, -0.2) is 4.79 Å². The number of hydrogen-bond donors (Lipinski definition) is 1. The predicted molar refractivity (Wildman–Crippen MR) is 67.8 cm³/mol. The minimum Gasteiger partial charge on any atom is -0.458 e. The fraction of sp³-hybridized carbons (Fsp3) is 0.667. The van der Waals surface area contributed by atoms with Crippen LogP contribution in [-0.4, -0.2) is 22.8 Å². The van der Waals surface area contributed by atoms with Gasteiger partial charge < -0.3 is 9.84 Å². The van der Waals surface area contributed by atoms with Gasteiger partial charge in [0.2, 0.25) is 0 Å². The lowest BCUT2D eigenvalue weighted by molar-refractivity contribution is -0.157. The molecule has 0 unspecified atom stereocenters. The van der Waals surface area contributed by atoms with Gasteiger partial charge in [-0.1, -0.05) is 25.7 Å². The summed E-state index contributed by atoms with van der Waals surface area (Å²) in [5, 5.41) is 11.0. The molecule has 0 aromatic heterocycles. The fourth-order valence-corrected chi connectivity index (χ4v) is 4.01. The van der Waals surface area contributed by atoms with Crippen LogP contribution in [-0.2, 0) is 9.53 Å². The first-order chi connectivity index (χ1) is 8.37. The monoisotopic (exact) mass is 248 g/mol. The normalized spacial score (nSPS) is 47.6. The highest BCUT2D eigenvalue weighted by molar-refractivity contribution is 5.90. The molecule has 3 heteroatoms. The van der Waals surface area contributed by atoms with Gasteiger partial charge in [0.1, 0.15) is 6.10 Å². The van der Waals surface area contributed by atoms with E-state index in [-0.39, 0.29) is 23.4 Å². The SMILES string of the molecule is C=C1C(=O)O[C@H]2C[C@@]3(C)C(=C)CCC[C@]3(O)C[C@@H]12. The molecule has 0 spiro atoms. The Labute approximate surface area is 108 Å². The van der Waals surface area contributed by atoms with Crippen molar-refractivity contribution in [1.82, 2.24) is 0 Å². The maximum atomic E-state index is 11.6. The average Bonchev–Trinajstić information content (AvgIpc) is 2.55. The zero-order valence-electron chi connectivity index (χ0n) is 10.9. The lowest BCUT2D eigenvalue weighted by atomic mass is 9.53. The molecule has 0 amide bonds. The summed E-state index contributed by atoms with van der Waals surface area (Å²) >= 11 is 0. The third-order valence-electron chi connectivity index (χ3n) is 5.46. The van der Waals surface area contributed by atoms with Gasteiger partial charge in [0.25, 0.3) is 0 Å². The highest BCUT2D eigenvalue weighted by Gasteiger charge is 2.60. The summed E-state index contributed by atoms with van der Waals surface area (Å²) in [7, 11) is 0. The second kappa shape index (κ2) is 3.47. The third kappa shape index (κ3) is 1.31. The van der Waals surface area contributed by atoms with E-state index in [2.05, 4.69) is 20.1 Å². The second-order valence-electron chi connectivity index (χ2n) is 6.30. The van der Waals surface area contributed by atoms with Crippen molar-refractivity contribution >= 4 is 5.97 Å². The molecule has 98 valence electrons. The van der Waals surface area contributed by atoms with Gasteiger partial charge in [-0.3, -0.25) is 0 Å². The first kappa shape index (κ1) is 12.0. The third-order valence-corrected chi connectivity index (χ3v) is 5.46. The average molecular weight is 248 g/mol.